The smallest absolute Gasteiger partial charge is 0.337 e. The molecule has 1 atom stereocenters. The van der Waals surface area contributed by atoms with Gasteiger partial charge >= 0.3 is 5.97 Å². The number of nitrogens with zero attached hydrogens (tertiary/aromatic N) is 1. The second-order valence-electron chi connectivity index (χ2n) is 3.71. The predicted molar refractivity (Wildman–Crippen MR) is 56.9 cm³/mol. The number of aliphatic carboxylic acids is 1. The molecule has 0 saturated heterocycles. The summed E-state index contributed by atoms with van der Waals surface area (Å²) in [6.07, 6.45) is 12.2. The van der Waals surface area contributed by atoms with Gasteiger partial charge in [-0.05, 0) is 17.7 Å². The van der Waals surface area contributed by atoms with Gasteiger partial charge in [0.15, 0.2) is 0 Å². The molecule has 2 aliphatic heterocycles. The van der Waals surface area contributed by atoms with Gasteiger partial charge in [-0.1, -0.05) is 12.2 Å². The van der Waals surface area contributed by atoms with E-state index < -0.39 is 5.97 Å². The molecule has 16 heavy (non-hydrogen) atoms. The largest absolute Gasteiger partial charge is 0.478 e. The summed E-state index contributed by atoms with van der Waals surface area (Å²) in [4.78, 5) is 12.8. The molecule has 0 saturated carbocycles. The zero-order valence-corrected chi connectivity index (χ0v) is 8.33. The second-order valence-corrected chi connectivity index (χ2v) is 3.71. The lowest BCUT2D eigenvalue weighted by Gasteiger charge is -2.36. The highest BCUT2D eigenvalue weighted by Gasteiger charge is 2.31. The average molecular weight is 215 g/mol. The van der Waals surface area contributed by atoms with Crippen LogP contribution in [0.4, 0.5) is 0 Å². The van der Waals surface area contributed by atoms with Crippen molar-refractivity contribution >= 4 is 5.97 Å². The minimum absolute atomic E-state index is 0.0156. The van der Waals surface area contributed by atoms with Crippen molar-refractivity contribution in [2.24, 2.45) is 0 Å². The van der Waals surface area contributed by atoms with Gasteiger partial charge in [-0.25, -0.2) is 4.79 Å². The minimum Gasteiger partial charge on any atom is -0.478 e. The van der Waals surface area contributed by atoms with Gasteiger partial charge in [0, 0.05) is 12.4 Å². The van der Waals surface area contributed by atoms with E-state index >= 15 is 0 Å². The van der Waals surface area contributed by atoms with Gasteiger partial charge in [0.2, 0.25) is 0 Å². The Morgan fingerprint density at radius 3 is 3.19 bits per heavy atom. The van der Waals surface area contributed by atoms with Crippen molar-refractivity contribution in [1.29, 1.82) is 0 Å². The van der Waals surface area contributed by atoms with E-state index in [0.717, 1.165) is 11.3 Å². The topological polar surface area (TPSA) is 49.8 Å². The molecule has 1 N–H and O–H groups in total. The number of carboxylic acid groups (broad SMARTS) is 1. The molecular weight excluding hydrogens is 206 g/mol. The normalized spacial score (nSPS) is 25.1. The number of carboxylic acids is 1. The third-order valence-corrected chi connectivity index (χ3v) is 2.73. The maximum atomic E-state index is 11.0. The Morgan fingerprint density at radius 1 is 1.50 bits per heavy atom. The molecule has 4 heteroatoms. The summed E-state index contributed by atoms with van der Waals surface area (Å²) in [6, 6.07) is -0.0156. The zero-order chi connectivity index (χ0) is 11.1. The van der Waals surface area contributed by atoms with Gasteiger partial charge in [-0.15, -0.1) is 0 Å². The third kappa shape index (κ3) is 1.20. The first-order valence-electron chi connectivity index (χ1n) is 4.91. The van der Waals surface area contributed by atoms with E-state index in [1.165, 1.54) is 0 Å². The minimum atomic E-state index is -0.921. The van der Waals surface area contributed by atoms with Crippen LogP contribution in [0.1, 0.15) is 0 Å². The first-order valence-corrected chi connectivity index (χ1v) is 4.91. The molecule has 0 fully saturated rings. The SMILES string of the molecule is O=C(O)C1=CN2C=COC3=CC=CC(=C1)C32. The molecular formula is C12H9NO3. The van der Waals surface area contributed by atoms with Crippen molar-refractivity contribution in [3.8, 4) is 0 Å². The molecule has 0 bridgehead atoms. The number of ether oxygens (including phenoxy) is 1. The van der Waals surface area contributed by atoms with E-state index in [0.29, 0.717) is 0 Å². The van der Waals surface area contributed by atoms with Crippen LogP contribution in [-0.2, 0) is 9.53 Å². The second kappa shape index (κ2) is 3.13. The van der Waals surface area contributed by atoms with Gasteiger partial charge < -0.3 is 14.7 Å². The summed E-state index contributed by atoms with van der Waals surface area (Å²) in [5.41, 5.74) is 1.21. The van der Waals surface area contributed by atoms with E-state index in [2.05, 4.69) is 0 Å². The molecule has 0 aromatic rings. The Labute approximate surface area is 92.1 Å². The van der Waals surface area contributed by atoms with Crippen molar-refractivity contribution in [3.63, 3.8) is 0 Å². The Bertz CT molecular complexity index is 508. The van der Waals surface area contributed by atoms with Crippen LogP contribution in [0.2, 0.25) is 0 Å². The fraction of sp³-hybridized carbons (Fsp3) is 0.0833. The summed E-state index contributed by atoms with van der Waals surface area (Å²) in [7, 11) is 0. The first-order chi connectivity index (χ1) is 7.75. The highest BCUT2D eigenvalue weighted by Crippen LogP contribution is 2.33. The fourth-order valence-electron chi connectivity index (χ4n) is 2.03. The van der Waals surface area contributed by atoms with Crippen LogP contribution in [0.15, 0.2) is 59.9 Å². The Morgan fingerprint density at radius 2 is 2.38 bits per heavy atom. The molecule has 0 spiro atoms. The monoisotopic (exact) mass is 215 g/mol. The van der Waals surface area contributed by atoms with E-state index in [-0.39, 0.29) is 11.6 Å². The Hall–Kier alpha value is -2.23. The van der Waals surface area contributed by atoms with Crippen molar-refractivity contribution in [1.82, 2.24) is 4.90 Å². The average Bonchev–Trinajstić information content (AvgIpc) is 2.29. The standard InChI is InChI=1S/C12H9NO3/c14-12(15)9-6-8-2-1-3-10-11(8)13(7-9)4-5-16-10/h1-7,11H,(H,14,15). The molecule has 4 nitrogen and oxygen atoms in total. The van der Waals surface area contributed by atoms with Crippen LogP contribution < -0.4 is 0 Å². The summed E-state index contributed by atoms with van der Waals surface area (Å²) in [5.74, 6) is -0.104. The number of carbonyl (C=O) groups is 1. The molecule has 1 aliphatic carbocycles. The lowest BCUT2D eigenvalue weighted by molar-refractivity contribution is -0.132. The predicted octanol–water partition coefficient (Wildman–Crippen LogP) is 1.52. The van der Waals surface area contributed by atoms with E-state index in [1.54, 1.807) is 24.7 Å². The summed E-state index contributed by atoms with van der Waals surface area (Å²) in [6.45, 7) is 0. The van der Waals surface area contributed by atoms with Crippen molar-refractivity contribution in [3.05, 3.63) is 59.9 Å². The van der Waals surface area contributed by atoms with Crippen LogP contribution in [0.25, 0.3) is 0 Å². The third-order valence-electron chi connectivity index (χ3n) is 2.73. The summed E-state index contributed by atoms with van der Waals surface area (Å²) >= 11 is 0. The van der Waals surface area contributed by atoms with Crippen LogP contribution in [0.3, 0.4) is 0 Å². The van der Waals surface area contributed by atoms with Crippen LogP contribution in [0.5, 0.6) is 0 Å². The molecule has 80 valence electrons. The quantitative estimate of drug-likeness (QED) is 0.720. The van der Waals surface area contributed by atoms with Crippen LogP contribution in [-0.4, -0.2) is 22.0 Å². The lowest BCUT2D eigenvalue weighted by atomic mass is 9.93. The van der Waals surface area contributed by atoms with Gasteiger partial charge in [0.1, 0.15) is 18.1 Å². The van der Waals surface area contributed by atoms with Crippen molar-refractivity contribution in [2.45, 2.75) is 6.04 Å². The van der Waals surface area contributed by atoms with Gasteiger partial charge in [0.05, 0.1) is 5.57 Å². The molecule has 1 unspecified atom stereocenters. The maximum absolute atomic E-state index is 11.0. The van der Waals surface area contributed by atoms with Crippen LogP contribution in [0, 0.1) is 0 Å². The number of hydrogen-bond donors (Lipinski definition) is 1. The number of allylic oxidation sites excluding steroid dienone is 2. The fourth-order valence-corrected chi connectivity index (χ4v) is 2.03. The summed E-state index contributed by atoms with van der Waals surface area (Å²) < 4.78 is 5.38. The van der Waals surface area contributed by atoms with Gasteiger partial charge in [0.25, 0.3) is 0 Å². The lowest BCUT2D eigenvalue weighted by Crippen LogP contribution is -2.36. The highest BCUT2D eigenvalue weighted by molar-refractivity contribution is 5.90. The Kier molecular flexibility index (Phi) is 1.77. The van der Waals surface area contributed by atoms with Crippen LogP contribution >= 0.6 is 0 Å². The Balaban J connectivity index is 2.11. The molecule has 0 amide bonds. The van der Waals surface area contributed by atoms with E-state index in [9.17, 15) is 4.79 Å². The molecule has 3 aliphatic rings. The maximum Gasteiger partial charge on any atom is 0.337 e. The highest BCUT2D eigenvalue weighted by atomic mass is 16.5. The molecule has 0 aromatic heterocycles. The number of hydrogen-bond acceptors (Lipinski definition) is 3. The van der Waals surface area contributed by atoms with Gasteiger partial charge in [-0.2, -0.15) is 0 Å². The molecule has 0 radical (unpaired) electrons. The van der Waals surface area contributed by atoms with Gasteiger partial charge in [-0.3, -0.25) is 0 Å². The summed E-state index contributed by atoms with van der Waals surface area (Å²) in [5, 5.41) is 8.99. The molecule has 2 heterocycles. The zero-order valence-electron chi connectivity index (χ0n) is 8.33. The molecule has 0 aromatic carbocycles. The van der Waals surface area contributed by atoms with E-state index in [4.69, 9.17) is 9.84 Å². The number of rotatable bonds is 1. The molecule has 3 rings (SSSR count). The van der Waals surface area contributed by atoms with Crippen molar-refractivity contribution in [2.75, 3.05) is 0 Å². The first kappa shape index (κ1) is 9.03. The van der Waals surface area contributed by atoms with E-state index in [1.807, 2.05) is 23.1 Å². The van der Waals surface area contributed by atoms with Crippen molar-refractivity contribution < 1.29 is 14.6 Å².